The summed E-state index contributed by atoms with van der Waals surface area (Å²) in [6.45, 7) is 4.21. The number of carbonyl (C=O) groups is 1. The van der Waals surface area contributed by atoms with Gasteiger partial charge in [-0.2, -0.15) is 5.10 Å². The molecule has 1 aromatic heterocycles. The highest BCUT2D eigenvalue weighted by atomic mass is 16.5. The first-order valence-electron chi connectivity index (χ1n) is 6.30. The van der Waals surface area contributed by atoms with Crippen LogP contribution in [0.15, 0.2) is 12.3 Å². The molecule has 1 aromatic rings. The summed E-state index contributed by atoms with van der Waals surface area (Å²) >= 11 is 0. The highest BCUT2D eigenvalue weighted by Gasteiger charge is 2.15. The first-order chi connectivity index (χ1) is 8.77. The molecular formula is C12H20N4O2. The van der Waals surface area contributed by atoms with E-state index in [0.29, 0.717) is 26.2 Å². The second-order valence-corrected chi connectivity index (χ2v) is 4.37. The quantitative estimate of drug-likeness (QED) is 0.735. The third kappa shape index (κ3) is 3.54. The summed E-state index contributed by atoms with van der Waals surface area (Å²) in [5.74, 6) is 0.204. The van der Waals surface area contributed by atoms with Gasteiger partial charge in [0, 0.05) is 45.8 Å². The Morgan fingerprint density at radius 3 is 2.94 bits per heavy atom. The van der Waals surface area contributed by atoms with Crippen molar-refractivity contribution in [2.24, 2.45) is 7.05 Å². The van der Waals surface area contributed by atoms with E-state index >= 15 is 0 Å². The van der Waals surface area contributed by atoms with Gasteiger partial charge in [-0.05, 0) is 6.07 Å². The summed E-state index contributed by atoms with van der Waals surface area (Å²) in [6.07, 6.45) is 2.31. The molecule has 100 valence electrons. The summed E-state index contributed by atoms with van der Waals surface area (Å²) in [5, 5.41) is 7.35. The zero-order chi connectivity index (χ0) is 12.8. The monoisotopic (exact) mass is 252 g/mol. The van der Waals surface area contributed by atoms with Crippen LogP contribution in [0, 0.1) is 0 Å². The Morgan fingerprint density at radius 1 is 1.50 bits per heavy atom. The number of ether oxygens (including phenoxy) is 1. The van der Waals surface area contributed by atoms with Gasteiger partial charge in [0.05, 0.1) is 18.9 Å². The summed E-state index contributed by atoms with van der Waals surface area (Å²) in [7, 11) is 1.91. The molecule has 0 atom stereocenters. The fourth-order valence-corrected chi connectivity index (χ4v) is 1.96. The van der Waals surface area contributed by atoms with Crippen LogP contribution in [0.3, 0.4) is 0 Å². The maximum atomic E-state index is 11.8. The normalized spacial score (nSPS) is 15.9. The Morgan fingerprint density at radius 2 is 2.28 bits per heavy atom. The van der Waals surface area contributed by atoms with Crippen LogP contribution in [0.25, 0.3) is 0 Å². The third-order valence-electron chi connectivity index (χ3n) is 3.11. The molecule has 0 unspecified atom stereocenters. The van der Waals surface area contributed by atoms with Gasteiger partial charge < -0.3 is 15.0 Å². The third-order valence-corrected chi connectivity index (χ3v) is 3.11. The largest absolute Gasteiger partial charge is 0.378 e. The predicted molar refractivity (Wildman–Crippen MR) is 66.9 cm³/mol. The van der Waals surface area contributed by atoms with Crippen LogP contribution in [0.5, 0.6) is 0 Å². The van der Waals surface area contributed by atoms with Crippen molar-refractivity contribution in [2.45, 2.75) is 13.0 Å². The van der Waals surface area contributed by atoms with Crippen molar-refractivity contribution in [3.63, 3.8) is 0 Å². The van der Waals surface area contributed by atoms with E-state index < -0.39 is 0 Å². The van der Waals surface area contributed by atoms with E-state index in [1.54, 1.807) is 6.20 Å². The second kappa shape index (κ2) is 6.51. The van der Waals surface area contributed by atoms with Crippen LogP contribution in [-0.4, -0.2) is 53.4 Å². The molecule has 2 heterocycles. The summed E-state index contributed by atoms with van der Waals surface area (Å²) in [4.78, 5) is 13.7. The molecule has 1 amide bonds. The van der Waals surface area contributed by atoms with Gasteiger partial charge in [-0.25, -0.2) is 0 Å². The number of aromatic nitrogens is 2. The molecule has 18 heavy (non-hydrogen) atoms. The standard InChI is InChI=1S/C12H20N4O2/c1-15-11(2-5-14-15)10-13-4-3-12(17)16-6-8-18-9-7-16/h2,5,13H,3-4,6-10H2,1H3. The van der Waals surface area contributed by atoms with Gasteiger partial charge >= 0.3 is 0 Å². The van der Waals surface area contributed by atoms with Crippen LogP contribution in [-0.2, 0) is 23.1 Å². The Hall–Kier alpha value is -1.40. The van der Waals surface area contributed by atoms with Gasteiger partial charge in [0.25, 0.3) is 0 Å². The van der Waals surface area contributed by atoms with Crippen LogP contribution in [0.4, 0.5) is 0 Å². The molecule has 1 aliphatic rings. The van der Waals surface area contributed by atoms with E-state index in [4.69, 9.17) is 4.74 Å². The first kappa shape index (κ1) is 13.0. The minimum Gasteiger partial charge on any atom is -0.378 e. The highest BCUT2D eigenvalue weighted by molar-refractivity contribution is 5.76. The number of hydrogen-bond donors (Lipinski definition) is 1. The summed E-state index contributed by atoms with van der Waals surface area (Å²) in [6, 6.07) is 1.97. The molecule has 1 fully saturated rings. The average Bonchev–Trinajstić information content (AvgIpc) is 2.81. The Bertz CT molecular complexity index is 385. The van der Waals surface area contributed by atoms with Gasteiger partial charge in [-0.3, -0.25) is 9.48 Å². The van der Waals surface area contributed by atoms with Gasteiger partial charge in [0.1, 0.15) is 0 Å². The first-order valence-corrected chi connectivity index (χ1v) is 6.30. The lowest BCUT2D eigenvalue weighted by atomic mass is 10.3. The van der Waals surface area contributed by atoms with Crippen molar-refractivity contribution in [2.75, 3.05) is 32.8 Å². The molecule has 1 aliphatic heterocycles. The van der Waals surface area contributed by atoms with Crippen molar-refractivity contribution in [1.82, 2.24) is 20.0 Å². The van der Waals surface area contributed by atoms with Crippen LogP contribution in [0.1, 0.15) is 12.1 Å². The average molecular weight is 252 g/mol. The van der Waals surface area contributed by atoms with Crippen LogP contribution < -0.4 is 5.32 Å². The molecule has 0 spiro atoms. The zero-order valence-electron chi connectivity index (χ0n) is 10.8. The molecule has 1 N–H and O–H groups in total. The molecule has 0 aromatic carbocycles. The van der Waals surface area contributed by atoms with E-state index in [0.717, 1.165) is 25.3 Å². The molecular weight excluding hydrogens is 232 g/mol. The van der Waals surface area contributed by atoms with Gasteiger partial charge in [-0.15, -0.1) is 0 Å². The number of morpholine rings is 1. The van der Waals surface area contributed by atoms with Gasteiger partial charge in [-0.1, -0.05) is 0 Å². The number of amides is 1. The molecule has 0 aliphatic carbocycles. The van der Waals surface area contributed by atoms with E-state index in [2.05, 4.69) is 10.4 Å². The fraction of sp³-hybridized carbons (Fsp3) is 0.667. The fourth-order valence-electron chi connectivity index (χ4n) is 1.96. The number of nitrogens with zero attached hydrogens (tertiary/aromatic N) is 3. The highest BCUT2D eigenvalue weighted by Crippen LogP contribution is 2.00. The number of nitrogens with one attached hydrogen (secondary N) is 1. The Labute approximate surface area is 107 Å². The Balaban J connectivity index is 1.63. The SMILES string of the molecule is Cn1nccc1CNCCC(=O)N1CCOCC1. The number of hydrogen-bond acceptors (Lipinski definition) is 4. The topological polar surface area (TPSA) is 59.4 Å². The lowest BCUT2D eigenvalue weighted by molar-refractivity contribution is -0.135. The minimum atomic E-state index is 0.204. The van der Waals surface area contributed by atoms with Crippen molar-refractivity contribution in [3.8, 4) is 0 Å². The summed E-state index contributed by atoms with van der Waals surface area (Å²) in [5.41, 5.74) is 1.12. The molecule has 0 radical (unpaired) electrons. The van der Waals surface area contributed by atoms with E-state index in [1.807, 2.05) is 22.7 Å². The maximum Gasteiger partial charge on any atom is 0.224 e. The van der Waals surface area contributed by atoms with Crippen molar-refractivity contribution >= 4 is 5.91 Å². The molecule has 6 nitrogen and oxygen atoms in total. The zero-order valence-corrected chi connectivity index (χ0v) is 10.8. The van der Waals surface area contributed by atoms with Crippen molar-refractivity contribution in [3.05, 3.63) is 18.0 Å². The molecule has 0 saturated carbocycles. The van der Waals surface area contributed by atoms with Crippen LogP contribution >= 0.6 is 0 Å². The molecule has 2 rings (SSSR count). The van der Waals surface area contributed by atoms with E-state index in [1.165, 1.54) is 0 Å². The molecule has 1 saturated heterocycles. The van der Waals surface area contributed by atoms with E-state index in [9.17, 15) is 4.79 Å². The van der Waals surface area contributed by atoms with Crippen molar-refractivity contribution < 1.29 is 9.53 Å². The molecule has 0 bridgehead atoms. The van der Waals surface area contributed by atoms with E-state index in [-0.39, 0.29) is 5.91 Å². The number of rotatable bonds is 5. The van der Waals surface area contributed by atoms with Gasteiger partial charge in [0.15, 0.2) is 0 Å². The van der Waals surface area contributed by atoms with Crippen molar-refractivity contribution in [1.29, 1.82) is 0 Å². The number of carbonyl (C=O) groups excluding carboxylic acids is 1. The Kier molecular flexibility index (Phi) is 4.72. The predicted octanol–water partition coefficient (Wildman–Crippen LogP) is -0.241. The smallest absolute Gasteiger partial charge is 0.224 e. The second-order valence-electron chi connectivity index (χ2n) is 4.37. The summed E-state index contributed by atoms with van der Waals surface area (Å²) < 4.78 is 7.05. The maximum absolute atomic E-state index is 11.8. The molecule has 6 heteroatoms. The lowest BCUT2D eigenvalue weighted by Gasteiger charge is -2.26. The number of aryl methyl sites for hydroxylation is 1. The van der Waals surface area contributed by atoms with Gasteiger partial charge in [0.2, 0.25) is 5.91 Å². The minimum absolute atomic E-state index is 0.204. The lowest BCUT2D eigenvalue weighted by Crippen LogP contribution is -2.41. The van der Waals surface area contributed by atoms with Crippen LogP contribution in [0.2, 0.25) is 0 Å².